The van der Waals surface area contributed by atoms with E-state index in [1.165, 1.54) is 0 Å². The SMILES string of the molecule is NC(=S)Nc1cc(F)ccc1C(=O)O. The van der Waals surface area contributed by atoms with Crippen molar-refractivity contribution >= 4 is 29.0 Å². The number of nitrogens with two attached hydrogens (primary N) is 1. The smallest absolute Gasteiger partial charge is 0.337 e. The van der Waals surface area contributed by atoms with Crippen molar-refractivity contribution < 1.29 is 14.3 Å². The van der Waals surface area contributed by atoms with Gasteiger partial charge in [0.2, 0.25) is 0 Å². The highest BCUT2D eigenvalue weighted by Crippen LogP contribution is 2.16. The fourth-order valence-corrected chi connectivity index (χ4v) is 1.05. The van der Waals surface area contributed by atoms with Crippen molar-refractivity contribution in [3.8, 4) is 0 Å². The molecule has 0 atom stereocenters. The average molecular weight is 214 g/mol. The topological polar surface area (TPSA) is 75.3 Å². The molecular formula is C8H7FN2O2S. The van der Waals surface area contributed by atoms with Crippen LogP contribution >= 0.6 is 12.2 Å². The summed E-state index contributed by atoms with van der Waals surface area (Å²) in [6.45, 7) is 0. The maximum Gasteiger partial charge on any atom is 0.337 e. The van der Waals surface area contributed by atoms with Gasteiger partial charge in [0.15, 0.2) is 5.11 Å². The molecule has 0 spiro atoms. The lowest BCUT2D eigenvalue weighted by Crippen LogP contribution is -2.20. The summed E-state index contributed by atoms with van der Waals surface area (Å²) in [5.74, 6) is -1.74. The number of hydrogen-bond acceptors (Lipinski definition) is 2. The number of carboxylic acids is 1. The fraction of sp³-hybridized carbons (Fsp3) is 0. The Bertz CT molecular complexity index is 395. The zero-order chi connectivity index (χ0) is 10.7. The number of carbonyl (C=O) groups is 1. The number of carboxylic acid groups (broad SMARTS) is 1. The first kappa shape index (κ1) is 10.4. The largest absolute Gasteiger partial charge is 0.478 e. The summed E-state index contributed by atoms with van der Waals surface area (Å²) < 4.78 is 12.7. The van der Waals surface area contributed by atoms with Gasteiger partial charge in [0.05, 0.1) is 11.3 Å². The predicted octanol–water partition coefficient (Wildman–Crippen LogP) is 1.18. The molecule has 0 heterocycles. The van der Waals surface area contributed by atoms with Crippen LogP contribution in [0.3, 0.4) is 0 Å². The Morgan fingerprint density at radius 2 is 2.21 bits per heavy atom. The maximum absolute atomic E-state index is 12.7. The van der Waals surface area contributed by atoms with Gasteiger partial charge in [-0.25, -0.2) is 9.18 Å². The third kappa shape index (κ3) is 2.40. The second kappa shape index (κ2) is 4.01. The third-order valence-electron chi connectivity index (χ3n) is 1.47. The predicted molar refractivity (Wildman–Crippen MR) is 53.8 cm³/mol. The van der Waals surface area contributed by atoms with E-state index in [1.807, 2.05) is 0 Å². The van der Waals surface area contributed by atoms with Gasteiger partial charge in [-0.3, -0.25) is 0 Å². The van der Waals surface area contributed by atoms with Gasteiger partial charge >= 0.3 is 5.97 Å². The van der Waals surface area contributed by atoms with Crippen LogP contribution in [0.2, 0.25) is 0 Å². The fourth-order valence-electron chi connectivity index (χ4n) is 0.939. The molecule has 4 nitrogen and oxygen atoms in total. The van der Waals surface area contributed by atoms with Crippen molar-refractivity contribution in [3.63, 3.8) is 0 Å². The Morgan fingerprint density at radius 3 is 2.71 bits per heavy atom. The van der Waals surface area contributed by atoms with Crippen molar-refractivity contribution in [2.75, 3.05) is 5.32 Å². The number of anilines is 1. The molecular weight excluding hydrogens is 207 g/mol. The van der Waals surface area contributed by atoms with Gasteiger partial charge in [0, 0.05) is 0 Å². The van der Waals surface area contributed by atoms with Crippen LogP contribution in [0.15, 0.2) is 18.2 Å². The molecule has 0 saturated carbocycles. The van der Waals surface area contributed by atoms with Crippen LogP contribution in [-0.4, -0.2) is 16.2 Å². The van der Waals surface area contributed by atoms with E-state index in [0.717, 1.165) is 18.2 Å². The standard InChI is InChI=1S/C8H7FN2O2S/c9-4-1-2-5(7(12)13)6(3-4)11-8(10)14/h1-3H,(H,12,13)(H3,10,11,14). The molecule has 0 aliphatic heterocycles. The van der Waals surface area contributed by atoms with Crippen molar-refractivity contribution in [2.24, 2.45) is 5.73 Å². The number of hydrogen-bond donors (Lipinski definition) is 3. The molecule has 6 heteroatoms. The molecule has 14 heavy (non-hydrogen) atoms. The molecule has 0 fully saturated rings. The lowest BCUT2D eigenvalue weighted by molar-refractivity contribution is 0.0698. The Kier molecular flexibility index (Phi) is 2.98. The number of rotatable bonds is 2. The first-order valence-corrected chi connectivity index (χ1v) is 4.01. The normalized spacial score (nSPS) is 9.50. The van der Waals surface area contributed by atoms with E-state index in [0.29, 0.717) is 0 Å². The highest BCUT2D eigenvalue weighted by molar-refractivity contribution is 7.80. The van der Waals surface area contributed by atoms with E-state index in [2.05, 4.69) is 17.5 Å². The molecule has 0 aliphatic rings. The molecule has 0 aliphatic carbocycles. The highest BCUT2D eigenvalue weighted by Gasteiger charge is 2.10. The summed E-state index contributed by atoms with van der Waals surface area (Å²) in [5, 5.41) is 11.0. The van der Waals surface area contributed by atoms with E-state index < -0.39 is 11.8 Å². The van der Waals surface area contributed by atoms with Crippen LogP contribution in [-0.2, 0) is 0 Å². The van der Waals surface area contributed by atoms with Crippen LogP contribution in [0, 0.1) is 5.82 Å². The van der Waals surface area contributed by atoms with E-state index in [9.17, 15) is 9.18 Å². The Hall–Kier alpha value is -1.69. The van der Waals surface area contributed by atoms with E-state index in [1.54, 1.807) is 0 Å². The average Bonchev–Trinajstić information content (AvgIpc) is 2.01. The molecule has 74 valence electrons. The first-order valence-electron chi connectivity index (χ1n) is 3.60. The summed E-state index contributed by atoms with van der Waals surface area (Å²) >= 11 is 4.52. The molecule has 1 aromatic carbocycles. The van der Waals surface area contributed by atoms with E-state index >= 15 is 0 Å². The summed E-state index contributed by atoms with van der Waals surface area (Å²) in [7, 11) is 0. The Morgan fingerprint density at radius 1 is 1.57 bits per heavy atom. The summed E-state index contributed by atoms with van der Waals surface area (Å²) in [5.41, 5.74) is 5.11. The minimum absolute atomic E-state index is 0.0463. The van der Waals surface area contributed by atoms with Crippen molar-refractivity contribution in [1.82, 2.24) is 0 Å². The second-order valence-corrected chi connectivity index (χ2v) is 2.92. The quantitative estimate of drug-likeness (QED) is 0.644. The van der Waals surface area contributed by atoms with Gasteiger partial charge in [-0.2, -0.15) is 0 Å². The molecule has 1 rings (SSSR count). The number of nitrogens with one attached hydrogen (secondary N) is 1. The van der Waals surface area contributed by atoms with Crippen LogP contribution in [0.4, 0.5) is 10.1 Å². The van der Waals surface area contributed by atoms with Gasteiger partial charge in [0.25, 0.3) is 0 Å². The Balaban J connectivity index is 3.15. The van der Waals surface area contributed by atoms with Crippen molar-refractivity contribution in [1.29, 1.82) is 0 Å². The maximum atomic E-state index is 12.7. The zero-order valence-electron chi connectivity index (χ0n) is 6.95. The van der Waals surface area contributed by atoms with Gasteiger partial charge in [0.1, 0.15) is 5.82 Å². The summed E-state index contributed by atoms with van der Waals surface area (Å²) in [6.07, 6.45) is 0. The molecule has 0 unspecified atom stereocenters. The van der Waals surface area contributed by atoms with Gasteiger partial charge in [-0.1, -0.05) is 0 Å². The van der Waals surface area contributed by atoms with Gasteiger partial charge in [-0.15, -0.1) is 0 Å². The number of benzene rings is 1. The van der Waals surface area contributed by atoms with Gasteiger partial charge in [-0.05, 0) is 30.4 Å². The molecule has 0 bridgehead atoms. The highest BCUT2D eigenvalue weighted by atomic mass is 32.1. The number of aromatic carboxylic acids is 1. The van der Waals surface area contributed by atoms with Gasteiger partial charge < -0.3 is 16.2 Å². The number of halogens is 1. The molecule has 0 aromatic heterocycles. The molecule has 0 saturated heterocycles. The van der Waals surface area contributed by atoms with Crippen molar-refractivity contribution in [2.45, 2.75) is 0 Å². The second-order valence-electron chi connectivity index (χ2n) is 2.48. The first-order chi connectivity index (χ1) is 6.50. The lowest BCUT2D eigenvalue weighted by Gasteiger charge is -2.07. The molecule has 1 aromatic rings. The summed E-state index contributed by atoms with van der Waals surface area (Å²) in [4.78, 5) is 10.7. The third-order valence-corrected chi connectivity index (χ3v) is 1.57. The monoisotopic (exact) mass is 214 g/mol. The molecule has 0 amide bonds. The number of thiocarbonyl (C=S) groups is 1. The van der Waals surface area contributed by atoms with Crippen LogP contribution in [0.5, 0.6) is 0 Å². The lowest BCUT2D eigenvalue weighted by atomic mass is 10.2. The van der Waals surface area contributed by atoms with Crippen LogP contribution < -0.4 is 11.1 Å². The minimum Gasteiger partial charge on any atom is -0.478 e. The van der Waals surface area contributed by atoms with Crippen molar-refractivity contribution in [3.05, 3.63) is 29.6 Å². The molecule has 0 radical (unpaired) electrons. The zero-order valence-corrected chi connectivity index (χ0v) is 7.77. The Labute approximate surface area is 84.5 Å². The summed E-state index contributed by atoms with van der Waals surface area (Å²) in [6, 6.07) is 3.20. The van der Waals surface area contributed by atoms with Crippen LogP contribution in [0.1, 0.15) is 10.4 Å². The van der Waals surface area contributed by atoms with Crippen LogP contribution in [0.25, 0.3) is 0 Å². The minimum atomic E-state index is -1.18. The molecule has 4 N–H and O–H groups in total. The van der Waals surface area contributed by atoms with E-state index in [4.69, 9.17) is 10.8 Å². The van der Waals surface area contributed by atoms with E-state index in [-0.39, 0.29) is 16.4 Å².